The number of likely N-dealkylation sites (N-methyl/N-ethyl adjacent to an activating group) is 1. The van der Waals surface area contributed by atoms with E-state index in [9.17, 15) is 14.4 Å². The molecule has 2 amide bonds. The summed E-state index contributed by atoms with van der Waals surface area (Å²) in [5.74, 6) is 0.348. The molecule has 3 heterocycles. The van der Waals surface area contributed by atoms with Crippen LogP contribution in [0.4, 0.5) is 0 Å². The van der Waals surface area contributed by atoms with E-state index >= 15 is 0 Å². The molecule has 1 aliphatic heterocycles. The number of likely N-dealkylation sites (tertiary alicyclic amines) is 1. The van der Waals surface area contributed by atoms with Gasteiger partial charge in [-0.15, -0.1) is 11.3 Å². The summed E-state index contributed by atoms with van der Waals surface area (Å²) in [4.78, 5) is 41.6. The van der Waals surface area contributed by atoms with Gasteiger partial charge < -0.3 is 19.0 Å². The minimum absolute atomic E-state index is 0.0199. The van der Waals surface area contributed by atoms with Crippen LogP contribution < -0.4 is 0 Å². The van der Waals surface area contributed by atoms with Crippen LogP contribution in [0.2, 0.25) is 0 Å². The van der Waals surface area contributed by atoms with Crippen molar-refractivity contribution in [2.75, 3.05) is 20.7 Å². The quantitative estimate of drug-likeness (QED) is 0.692. The summed E-state index contributed by atoms with van der Waals surface area (Å²) >= 11 is 1.54. The largest absolute Gasteiger partial charge is 0.465 e. The van der Waals surface area contributed by atoms with Crippen LogP contribution in [0, 0.1) is 6.92 Å². The maximum Gasteiger partial charge on any atom is 0.341 e. The number of hydrogen-bond acceptors (Lipinski definition) is 6. The number of aryl methyl sites for hydroxylation is 1. The SMILES string of the molecule is COC(=O)c1cc(CN(C)C(=O)C2CCCN2C(=O)Cc2cccs2)oc1C. The Bertz CT molecular complexity index is 858. The molecule has 28 heavy (non-hydrogen) atoms. The molecule has 1 unspecified atom stereocenters. The first-order chi connectivity index (χ1) is 13.4. The molecule has 2 aromatic rings. The van der Waals surface area contributed by atoms with E-state index in [4.69, 9.17) is 9.15 Å². The van der Waals surface area contributed by atoms with Crippen LogP contribution in [0.5, 0.6) is 0 Å². The summed E-state index contributed by atoms with van der Waals surface area (Å²) in [6, 6.07) is 4.99. The average molecular weight is 404 g/mol. The monoisotopic (exact) mass is 404 g/mol. The highest BCUT2D eigenvalue weighted by atomic mass is 32.1. The minimum Gasteiger partial charge on any atom is -0.465 e. The molecular formula is C20H24N2O5S. The number of amides is 2. The van der Waals surface area contributed by atoms with Gasteiger partial charge in [-0.05, 0) is 37.3 Å². The van der Waals surface area contributed by atoms with Crippen molar-refractivity contribution in [3.05, 3.63) is 45.5 Å². The number of nitrogens with zero attached hydrogens (tertiary/aromatic N) is 2. The van der Waals surface area contributed by atoms with Crippen molar-refractivity contribution in [2.24, 2.45) is 0 Å². The highest BCUT2D eigenvalue weighted by molar-refractivity contribution is 7.10. The highest BCUT2D eigenvalue weighted by Crippen LogP contribution is 2.23. The summed E-state index contributed by atoms with van der Waals surface area (Å²) in [5, 5.41) is 1.94. The average Bonchev–Trinajstić information content (AvgIpc) is 3.41. The van der Waals surface area contributed by atoms with E-state index in [2.05, 4.69) is 0 Å². The van der Waals surface area contributed by atoms with Gasteiger partial charge in [0.2, 0.25) is 11.8 Å². The molecule has 1 aliphatic rings. The Morgan fingerprint density at radius 1 is 1.39 bits per heavy atom. The van der Waals surface area contributed by atoms with Crippen LogP contribution in [0.1, 0.15) is 39.6 Å². The Balaban J connectivity index is 1.65. The van der Waals surface area contributed by atoms with Crippen LogP contribution >= 0.6 is 11.3 Å². The van der Waals surface area contributed by atoms with Crippen molar-refractivity contribution in [1.29, 1.82) is 0 Å². The van der Waals surface area contributed by atoms with Crippen LogP contribution in [-0.2, 0) is 27.3 Å². The van der Waals surface area contributed by atoms with Gasteiger partial charge >= 0.3 is 5.97 Å². The predicted molar refractivity (Wildman–Crippen MR) is 104 cm³/mol. The molecule has 0 radical (unpaired) electrons. The van der Waals surface area contributed by atoms with Crippen molar-refractivity contribution in [1.82, 2.24) is 9.80 Å². The van der Waals surface area contributed by atoms with Crippen LogP contribution in [0.15, 0.2) is 28.0 Å². The Labute approximate surface area is 167 Å². The molecule has 1 saturated heterocycles. The van der Waals surface area contributed by atoms with E-state index in [0.29, 0.717) is 36.5 Å². The molecular weight excluding hydrogens is 380 g/mol. The number of carbonyl (C=O) groups is 3. The second kappa shape index (κ2) is 8.60. The van der Waals surface area contributed by atoms with Crippen molar-refractivity contribution in [3.63, 3.8) is 0 Å². The molecule has 1 fully saturated rings. The van der Waals surface area contributed by atoms with E-state index in [0.717, 1.165) is 11.3 Å². The fraction of sp³-hybridized carbons (Fsp3) is 0.450. The fourth-order valence-electron chi connectivity index (χ4n) is 3.49. The molecule has 0 aliphatic carbocycles. The number of thiophene rings is 1. The van der Waals surface area contributed by atoms with E-state index in [1.807, 2.05) is 17.5 Å². The highest BCUT2D eigenvalue weighted by Gasteiger charge is 2.35. The van der Waals surface area contributed by atoms with Gasteiger partial charge in [-0.2, -0.15) is 0 Å². The van der Waals surface area contributed by atoms with Crippen molar-refractivity contribution in [3.8, 4) is 0 Å². The van der Waals surface area contributed by atoms with E-state index in [1.54, 1.807) is 41.2 Å². The number of methoxy groups -OCH3 is 1. The summed E-state index contributed by atoms with van der Waals surface area (Å²) in [7, 11) is 2.99. The minimum atomic E-state index is -0.470. The summed E-state index contributed by atoms with van der Waals surface area (Å²) in [6.45, 7) is 2.50. The van der Waals surface area contributed by atoms with Gasteiger partial charge in [-0.25, -0.2) is 4.79 Å². The second-order valence-electron chi connectivity index (χ2n) is 6.87. The number of ether oxygens (including phenoxy) is 1. The maximum absolute atomic E-state index is 13.0. The van der Waals surface area contributed by atoms with E-state index < -0.39 is 12.0 Å². The Hall–Kier alpha value is -2.61. The number of hydrogen-bond donors (Lipinski definition) is 0. The van der Waals surface area contributed by atoms with E-state index in [1.165, 1.54) is 7.11 Å². The van der Waals surface area contributed by atoms with Crippen molar-refractivity contribution in [2.45, 2.75) is 38.8 Å². The molecule has 7 nitrogen and oxygen atoms in total. The third kappa shape index (κ3) is 4.27. The number of rotatable bonds is 6. The third-order valence-electron chi connectivity index (χ3n) is 4.91. The van der Waals surface area contributed by atoms with E-state index in [-0.39, 0.29) is 18.4 Å². The first kappa shape index (κ1) is 20.1. The molecule has 150 valence electrons. The Morgan fingerprint density at radius 3 is 2.86 bits per heavy atom. The van der Waals surface area contributed by atoms with Gasteiger partial charge in [0.15, 0.2) is 0 Å². The van der Waals surface area contributed by atoms with Gasteiger partial charge in [-0.1, -0.05) is 6.07 Å². The van der Waals surface area contributed by atoms with Crippen LogP contribution in [-0.4, -0.2) is 54.3 Å². The Kier molecular flexibility index (Phi) is 6.18. The topological polar surface area (TPSA) is 80.1 Å². The van der Waals surface area contributed by atoms with Gasteiger partial charge in [0.1, 0.15) is 23.1 Å². The molecule has 0 N–H and O–H groups in total. The van der Waals surface area contributed by atoms with Crippen LogP contribution in [0.3, 0.4) is 0 Å². The lowest BCUT2D eigenvalue weighted by Gasteiger charge is -2.27. The molecule has 0 bridgehead atoms. The lowest BCUT2D eigenvalue weighted by Crippen LogP contribution is -2.46. The zero-order valence-electron chi connectivity index (χ0n) is 16.3. The van der Waals surface area contributed by atoms with Crippen molar-refractivity contribution < 1.29 is 23.5 Å². The maximum atomic E-state index is 13.0. The second-order valence-corrected chi connectivity index (χ2v) is 7.90. The van der Waals surface area contributed by atoms with Gasteiger partial charge in [0.05, 0.1) is 20.1 Å². The zero-order chi connectivity index (χ0) is 20.3. The lowest BCUT2D eigenvalue weighted by molar-refractivity contribution is -0.143. The molecule has 2 aromatic heterocycles. The number of esters is 1. The van der Waals surface area contributed by atoms with Gasteiger partial charge in [0.25, 0.3) is 0 Å². The molecule has 3 rings (SSSR count). The van der Waals surface area contributed by atoms with Crippen LogP contribution in [0.25, 0.3) is 0 Å². The normalized spacial score (nSPS) is 16.2. The summed E-state index contributed by atoms with van der Waals surface area (Å²) < 4.78 is 10.3. The Morgan fingerprint density at radius 2 is 2.18 bits per heavy atom. The summed E-state index contributed by atoms with van der Waals surface area (Å²) in [5.41, 5.74) is 0.354. The molecule has 8 heteroatoms. The third-order valence-corrected chi connectivity index (χ3v) is 5.78. The zero-order valence-corrected chi connectivity index (χ0v) is 17.1. The molecule has 0 aromatic carbocycles. The smallest absolute Gasteiger partial charge is 0.341 e. The van der Waals surface area contributed by atoms with Gasteiger partial charge in [0, 0.05) is 18.5 Å². The number of furan rings is 1. The molecule has 0 spiro atoms. The summed E-state index contributed by atoms with van der Waals surface area (Å²) in [6.07, 6.45) is 1.79. The van der Waals surface area contributed by atoms with Gasteiger partial charge in [-0.3, -0.25) is 9.59 Å². The fourth-order valence-corrected chi connectivity index (χ4v) is 4.18. The standard InChI is InChI=1S/C20H24N2O5S/c1-13-16(20(25)26-3)10-14(27-13)12-21(2)19(24)17-7-4-8-22(17)18(23)11-15-6-5-9-28-15/h5-6,9-10,17H,4,7-8,11-12H2,1-3H3. The lowest BCUT2D eigenvalue weighted by atomic mass is 10.1. The number of carbonyl (C=O) groups excluding carboxylic acids is 3. The first-order valence-electron chi connectivity index (χ1n) is 9.15. The predicted octanol–water partition coefficient (Wildman–Crippen LogP) is 2.63. The molecule has 1 atom stereocenters. The first-order valence-corrected chi connectivity index (χ1v) is 10.0. The van der Waals surface area contributed by atoms with Crippen molar-refractivity contribution >= 4 is 29.1 Å². The molecule has 0 saturated carbocycles.